The maximum atomic E-state index is 11.0. The van der Waals surface area contributed by atoms with Crippen LogP contribution in [0, 0.1) is 0 Å². The summed E-state index contributed by atoms with van der Waals surface area (Å²) in [6.07, 6.45) is 0. The Bertz CT molecular complexity index is 663. The smallest absolute Gasteiger partial charge is 0.213 e. The third-order valence-corrected chi connectivity index (χ3v) is 3.32. The number of hydrogen-bond acceptors (Lipinski definition) is 4. The second-order valence-electron chi connectivity index (χ2n) is 4.23. The van der Waals surface area contributed by atoms with E-state index in [2.05, 4.69) is 0 Å². The predicted octanol–water partition coefficient (Wildman–Crippen LogP) is 2.28. The largest absolute Gasteiger partial charge is 0.497 e. The van der Waals surface area contributed by atoms with Gasteiger partial charge in [-0.3, -0.25) is 0 Å². The summed E-state index contributed by atoms with van der Waals surface area (Å²) < 4.78 is 32.6. The van der Waals surface area contributed by atoms with E-state index in [1.807, 2.05) is 0 Å². The van der Waals surface area contributed by atoms with E-state index in [-0.39, 0.29) is 5.75 Å². The topological polar surface area (TPSA) is 78.6 Å². The van der Waals surface area contributed by atoms with Crippen molar-refractivity contribution in [3.8, 4) is 17.2 Å². The first kappa shape index (κ1) is 14.4. The van der Waals surface area contributed by atoms with Gasteiger partial charge in [-0.05, 0) is 42.0 Å². The van der Waals surface area contributed by atoms with Crippen LogP contribution in [0.3, 0.4) is 0 Å². The van der Waals surface area contributed by atoms with Gasteiger partial charge in [0.1, 0.15) is 17.2 Å². The number of sulfonamides is 1. The van der Waals surface area contributed by atoms with E-state index in [1.165, 1.54) is 0 Å². The first-order valence-corrected chi connectivity index (χ1v) is 7.59. The molecule has 0 aliphatic carbocycles. The van der Waals surface area contributed by atoms with Gasteiger partial charge >= 0.3 is 0 Å². The molecule has 0 saturated carbocycles. The van der Waals surface area contributed by atoms with Crippen LogP contribution in [0.4, 0.5) is 0 Å². The number of methoxy groups -OCH3 is 1. The maximum Gasteiger partial charge on any atom is 0.213 e. The summed E-state index contributed by atoms with van der Waals surface area (Å²) in [5.41, 5.74) is 0.620. The number of ether oxygens (including phenoxy) is 2. The number of benzene rings is 2. The van der Waals surface area contributed by atoms with Crippen LogP contribution in [0.25, 0.3) is 0 Å². The molecule has 2 N–H and O–H groups in total. The zero-order valence-corrected chi connectivity index (χ0v) is 11.8. The van der Waals surface area contributed by atoms with Crippen LogP contribution < -0.4 is 14.6 Å². The highest BCUT2D eigenvalue weighted by molar-refractivity contribution is 7.88. The molecular formula is C14H15NO4S. The summed E-state index contributed by atoms with van der Waals surface area (Å²) in [6.45, 7) is 0. The molecule has 0 unspecified atom stereocenters. The fourth-order valence-corrected chi connectivity index (χ4v) is 2.32. The van der Waals surface area contributed by atoms with E-state index in [4.69, 9.17) is 14.6 Å². The van der Waals surface area contributed by atoms with Crippen molar-refractivity contribution >= 4 is 10.0 Å². The minimum Gasteiger partial charge on any atom is -0.497 e. The highest BCUT2D eigenvalue weighted by Gasteiger charge is 2.05. The van der Waals surface area contributed by atoms with Crippen LogP contribution in [0.15, 0.2) is 48.5 Å². The van der Waals surface area contributed by atoms with E-state index in [0.29, 0.717) is 17.1 Å². The number of rotatable bonds is 5. The molecule has 0 fully saturated rings. The van der Waals surface area contributed by atoms with Crippen molar-refractivity contribution in [3.05, 3.63) is 54.1 Å². The average molecular weight is 293 g/mol. The summed E-state index contributed by atoms with van der Waals surface area (Å²) in [5, 5.41) is 4.99. The van der Waals surface area contributed by atoms with Crippen LogP contribution in [0.5, 0.6) is 17.2 Å². The molecule has 2 aromatic rings. The minimum absolute atomic E-state index is 0.185. The lowest BCUT2D eigenvalue weighted by atomic mass is 10.2. The van der Waals surface area contributed by atoms with Gasteiger partial charge in [0.25, 0.3) is 0 Å². The molecule has 0 bridgehead atoms. The van der Waals surface area contributed by atoms with Crippen molar-refractivity contribution in [1.29, 1.82) is 0 Å². The lowest BCUT2D eigenvalue weighted by Crippen LogP contribution is -2.14. The maximum absolute atomic E-state index is 11.0. The lowest BCUT2D eigenvalue weighted by molar-refractivity contribution is 0.413. The molecule has 0 atom stereocenters. The average Bonchev–Trinajstić information content (AvgIpc) is 2.40. The molecule has 0 aliphatic heterocycles. The van der Waals surface area contributed by atoms with Gasteiger partial charge in [-0.15, -0.1) is 0 Å². The zero-order chi connectivity index (χ0) is 14.6. The van der Waals surface area contributed by atoms with Gasteiger partial charge in [0, 0.05) is 0 Å². The highest BCUT2D eigenvalue weighted by Crippen LogP contribution is 2.24. The summed E-state index contributed by atoms with van der Waals surface area (Å²) in [4.78, 5) is 0. The van der Waals surface area contributed by atoms with Crippen molar-refractivity contribution in [2.75, 3.05) is 7.11 Å². The Kier molecular flexibility index (Phi) is 4.26. The van der Waals surface area contributed by atoms with E-state index < -0.39 is 10.0 Å². The standard InChI is InChI=1S/C14H15NO4S/c1-18-12-6-8-14(9-7-12)19-13-4-2-11(3-5-13)10-20(15,16)17/h2-9H,10H2,1H3,(H2,15,16,17). The van der Waals surface area contributed by atoms with Gasteiger partial charge in [-0.25, -0.2) is 13.6 Å². The third kappa shape index (κ3) is 4.25. The molecule has 0 aliphatic rings. The minimum atomic E-state index is -3.51. The van der Waals surface area contributed by atoms with Crippen molar-refractivity contribution in [3.63, 3.8) is 0 Å². The summed E-state index contributed by atoms with van der Waals surface area (Å²) in [7, 11) is -1.91. The van der Waals surface area contributed by atoms with Crippen molar-refractivity contribution in [2.24, 2.45) is 5.14 Å². The van der Waals surface area contributed by atoms with Crippen molar-refractivity contribution < 1.29 is 17.9 Å². The molecule has 0 radical (unpaired) electrons. The third-order valence-electron chi connectivity index (χ3n) is 2.59. The molecule has 2 aromatic carbocycles. The monoisotopic (exact) mass is 293 g/mol. The molecule has 0 spiro atoms. The fraction of sp³-hybridized carbons (Fsp3) is 0.143. The molecular weight excluding hydrogens is 278 g/mol. The Hall–Kier alpha value is -2.05. The Balaban J connectivity index is 2.06. The van der Waals surface area contributed by atoms with Crippen LogP contribution in [0.2, 0.25) is 0 Å². The Morgan fingerprint density at radius 1 is 0.900 bits per heavy atom. The summed E-state index contributed by atoms with van der Waals surface area (Å²) >= 11 is 0. The summed E-state index contributed by atoms with van der Waals surface area (Å²) in [6, 6.07) is 13.9. The van der Waals surface area contributed by atoms with Gasteiger partial charge in [0.15, 0.2) is 0 Å². The number of primary sulfonamides is 1. The Labute approximate surface area is 118 Å². The molecule has 0 aromatic heterocycles. The van der Waals surface area contributed by atoms with Gasteiger partial charge in [0.05, 0.1) is 12.9 Å². The van der Waals surface area contributed by atoms with Crippen LogP contribution >= 0.6 is 0 Å². The lowest BCUT2D eigenvalue weighted by Gasteiger charge is -2.07. The second-order valence-corrected chi connectivity index (χ2v) is 5.84. The van der Waals surface area contributed by atoms with Crippen LogP contribution in [-0.4, -0.2) is 15.5 Å². The SMILES string of the molecule is COc1ccc(Oc2ccc(CS(N)(=O)=O)cc2)cc1. The van der Waals surface area contributed by atoms with Gasteiger partial charge in [-0.1, -0.05) is 12.1 Å². The van der Waals surface area contributed by atoms with E-state index in [1.54, 1.807) is 55.6 Å². The summed E-state index contributed by atoms with van der Waals surface area (Å²) in [5.74, 6) is 1.86. The van der Waals surface area contributed by atoms with Crippen molar-refractivity contribution in [2.45, 2.75) is 5.75 Å². The Morgan fingerprint density at radius 3 is 1.80 bits per heavy atom. The molecule has 2 rings (SSSR count). The van der Waals surface area contributed by atoms with Gasteiger partial charge < -0.3 is 9.47 Å². The highest BCUT2D eigenvalue weighted by atomic mass is 32.2. The molecule has 20 heavy (non-hydrogen) atoms. The van der Waals surface area contributed by atoms with Gasteiger partial charge in [-0.2, -0.15) is 0 Å². The normalized spacial score (nSPS) is 11.1. The molecule has 6 heteroatoms. The second kappa shape index (κ2) is 5.94. The van der Waals surface area contributed by atoms with Crippen LogP contribution in [0.1, 0.15) is 5.56 Å². The molecule has 5 nitrogen and oxygen atoms in total. The Morgan fingerprint density at radius 2 is 1.35 bits per heavy atom. The fourth-order valence-electron chi connectivity index (χ4n) is 1.67. The number of nitrogens with two attached hydrogens (primary N) is 1. The molecule has 0 saturated heterocycles. The molecule has 0 amide bonds. The van der Waals surface area contributed by atoms with Crippen molar-refractivity contribution in [1.82, 2.24) is 0 Å². The van der Waals surface area contributed by atoms with Gasteiger partial charge in [0.2, 0.25) is 10.0 Å². The first-order chi connectivity index (χ1) is 9.46. The van der Waals surface area contributed by atoms with E-state index in [9.17, 15) is 8.42 Å². The van der Waals surface area contributed by atoms with E-state index in [0.717, 1.165) is 5.75 Å². The molecule has 106 valence electrons. The van der Waals surface area contributed by atoms with E-state index >= 15 is 0 Å². The first-order valence-electron chi connectivity index (χ1n) is 5.87. The van der Waals surface area contributed by atoms with Crippen LogP contribution in [-0.2, 0) is 15.8 Å². The quantitative estimate of drug-likeness (QED) is 0.917. The number of hydrogen-bond donors (Lipinski definition) is 1. The molecule has 0 heterocycles. The predicted molar refractivity (Wildman–Crippen MR) is 76.3 cm³/mol. The zero-order valence-electron chi connectivity index (χ0n) is 10.9.